The molecule has 2 amide bonds. The zero-order valence-corrected chi connectivity index (χ0v) is 19.8. The molecule has 1 fully saturated rings. The standard InChI is InChI=1S/C23H31F3N4O2S/c1-3-28(4-2)9-10-30(17-19-6-5-15-33-19)22(31)27-21-8-7-18(16-20(21)23(24,25)26)29-11-13-32-14-12-29/h5-8,15-16H,3-4,9-14,17H2,1-2H3,(H,27,31). The molecule has 2 heterocycles. The van der Waals surface area contributed by atoms with Gasteiger partial charge in [-0.05, 0) is 42.7 Å². The zero-order valence-electron chi connectivity index (χ0n) is 19.0. The summed E-state index contributed by atoms with van der Waals surface area (Å²) in [5.74, 6) is 0. The van der Waals surface area contributed by atoms with E-state index in [9.17, 15) is 18.0 Å². The van der Waals surface area contributed by atoms with Gasteiger partial charge in [-0.15, -0.1) is 11.3 Å². The second-order valence-electron chi connectivity index (χ2n) is 7.79. The molecule has 10 heteroatoms. The molecule has 3 rings (SSSR count). The minimum absolute atomic E-state index is 0.233. The fourth-order valence-electron chi connectivity index (χ4n) is 3.73. The highest BCUT2D eigenvalue weighted by molar-refractivity contribution is 7.09. The van der Waals surface area contributed by atoms with E-state index in [2.05, 4.69) is 10.2 Å². The van der Waals surface area contributed by atoms with Crippen LogP contribution in [0.2, 0.25) is 0 Å². The minimum Gasteiger partial charge on any atom is -0.378 e. The number of benzene rings is 1. The van der Waals surface area contributed by atoms with Crippen LogP contribution in [0.5, 0.6) is 0 Å². The van der Waals surface area contributed by atoms with Crippen molar-refractivity contribution in [2.24, 2.45) is 0 Å². The van der Waals surface area contributed by atoms with Crippen molar-refractivity contribution in [3.63, 3.8) is 0 Å². The second-order valence-corrected chi connectivity index (χ2v) is 8.82. The molecular formula is C23H31F3N4O2S. The van der Waals surface area contributed by atoms with Crippen molar-refractivity contribution in [1.82, 2.24) is 9.80 Å². The number of nitrogens with one attached hydrogen (secondary N) is 1. The number of hydrogen-bond acceptors (Lipinski definition) is 5. The molecule has 1 aromatic carbocycles. The summed E-state index contributed by atoms with van der Waals surface area (Å²) < 4.78 is 46.9. The summed E-state index contributed by atoms with van der Waals surface area (Å²) in [5, 5.41) is 4.45. The number of likely N-dealkylation sites (N-methyl/N-ethyl adjacent to an activating group) is 1. The highest BCUT2D eigenvalue weighted by Gasteiger charge is 2.35. The van der Waals surface area contributed by atoms with Gasteiger partial charge in [-0.1, -0.05) is 19.9 Å². The van der Waals surface area contributed by atoms with E-state index in [0.29, 0.717) is 51.6 Å². The first kappa shape index (κ1) is 25.3. The van der Waals surface area contributed by atoms with Crippen molar-refractivity contribution in [3.05, 3.63) is 46.2 Å². The van der Waals surface area contributed by atoms with Crippen LogP contribution in [0.15, 0.2) is 35.7 Å². The van der Waals surface area contributed by atoms with Crippen LogP contribution in [0.4, 0.5) is 29.3 Å². The molecule has 0 spiro atoms. The van der Waals surface area contributed by atoms with Crippen molar-refractivity contribution < 1.29 is 22.7 Å². The third kappa shape index (κ3) is 7.09. The maximum absolute atomic E-state index is 13.9. The highest BCUT2D eigenvalue weighted by Crippen LogP contribution is 2.37. The Morgan fingerprint density at radius 1 is 1.15 bits per heavy atom. The Labute approximate surface area is 196 Å². The van der Waals surface area contributed by atoms with Gasteiger partial charge in [0.1, 0.15) is 0 Å². The number of amides is 2. The number of hydrogen-bond donors (Lipinski definition) is 1. The van der Waals surface area contributed by atoms with E-state index in [1.165, 1.54) is 17.4 Å². The predicted octanol–water partition coefficient (Wildman–Crippen LogP) is 4.98. The molecular weight excluding hydrogens is 453 g/mol. The van der Waals surface area contributed by atoms with Crippen molar-refractivity contribution in [2.45, 2.75) is 26.6 Å². The van der Waals surface area contributed by atoms with Gasteiger partial charge in [0.25, 0.3) is 0 Å². The molecule has 1 aromatic heterocycles. The van der Waals surface area contributed by atoms with Gasteiger partial charge in [-0.3, -0.25) is 0 Å². The summed E-state index contributed by atoms with van der Waals surface area (Å²) in [5.41, 5.74) is -0.608. The molecule has 0 radical (unpaired) electrons. The van der Waals surface area contributed by atoms with E-state index in [1.54, 1.807) is 11.0 Å². The molecule has 2 aromatic rings. The first-order valence-corrected chi connectivity index (χ1v) is 12.0. The van der Waals surface area contributed by atoms with E-state index < -0.39 is 17.8 Å². The lowest BCUT2D eigenvalue weighted by Gasteiger charge is -2.30. The van der Waals surface area contributed by atoms with E-state index in [4.69, 9.17) is 4.74 Å². The summed E-state index contributed by atoms with van der Waals surface area (Å²) in [4.78, 5) is 19.7. The predicted molar refractivity (Wildman–Crippen MR) is 126 cm³/mol. The van der Waals surface area contributed by atoms with Crippen molar-refractivity contribution in [2.75, 3.05) is 62.7 Å². The maximum atomic E-state index is 13.9. The molecule has 6 nitrogen and oxygen atoms in total. The van der Waals surface area contributed by atoms with Crippen LogP contribution in [0, 0.1) is 0 Å². The van der Waals surface area contributed by atoms with Gasteiger partial charge in [-0.2, -0.15) is 13.2 Å². The topological polar surface area (TPSA) is 48.0 Å². The average molecular weight is 485 g/mol. The lowest BCUT2D eigenvalue weighted by molar-refractivity contribution is -0.136. The van der Waals surface area contributed by atoms with Crippen LogP contribution in [-0.4, -0.2) is 68.3 Å². The molecule has 0 saturated carbocycles. The zero-order chi connectivity index (χ0) is 23.8. The third-order valence-corrected chi connectivity index (χ3v) is 6.58. The van der Waals surface area contributed by atoms with Gasteiger partial charge >= 0.3 is 12.2 Å². The quantitative estimate of drug-likeness (QED) is 0.546. The van der Waals surface area contributed by atoms with Crippen LogP contribution >= 0.6 is 11.3 Å². The minimum atomic E-state index is -4.59. The van der Waals surface area contributed by atoms with Gasteiger partial charge < -0.3 is 24.8 Å². The largest absolute Gasteiger partial charge is 0.418 e. The highest BCUT2D eigenvalue weighted by atomic mass is 32.1. The first-order valence-electron chi connectivity index (χ1n) is 11.2. The van der Waals surface area contributed by atoms with E-state index >= 15 is 0 Å². The third-order valence-electron chi connectivity index (χ3n) is 5.72. The summed E-state index contributed by atoms with van der Waals surface area (Å²) in [6, 6.07) is 7.35. The van der Waals surface area contributed by atoms with Crippen LogP contribution in [0.25, 0.3) is 0 Å². The molecule has 33 heavy (non-hydrogen) atoms. The van der Waals surface area contributed by atoms with Gasteiger partial charge in [-0.25, -0.2) is 4.79 Å². The molecule has 0 unspecified atom stereocenters. The summed E-state index contributed by atoms with van der Waals surface area (Å²) in [6.07, 6.45) is -4.59. The van der Waals surface area contributed by atoms with Gasteiger partial charge in [0.15, 0.2) is 0 Å². The molecule has 0 aliphatic carbocycles. The maximum Gasteiger partial charge on any atom is 0.418 e. The van der Waals surface area contributed by atoms with Gasteiger partial charge in [0.2, 0.25) is 0 Å². The Balaban J connectivity index is 1.80. The lowest BCUT2D eigenvalue weighted by Crippen LogP contribution is -2.40. The normalized spacial score (nSPS) is 14.5. The number of rotatable bonds is 9. The number of alkyl halides is 3. The van der Waals surface area contributed by atoms with Crippen molar-refractivity contribution in [3.8, 4) is 0 Å². The monoisotopic (exact) mass is 484 g/mol. The molecule has 182 valence electrons. The van der Waals surface area contributed by atoms with Crippen LogP contribution in [0.3, 0.4) is 0 Å². The van der Waals surface area contributed by atoms with Crippen LogP contribution < -0.4 is 10.2 Å². The fraction of sp³-hybridized carbons (Fsp3) is 0.522. The molecule has 1 aliphatic heterocycles. The van der Waals surface area contributed by atoms with Crippen LogP contribution in [0.1, 0.15) is 24.3 Å². The van der Waals surface area contributed by atoms with Gasteiger partial charge in [0, 0.05) is 36.7 Å². The Morgan fingerprint density at radius 2 is 1.88 bits per heavy atom. The number of urea groups is 1. The van der Waals surface area contributed by atoms with Crippen molar-refractivity contribution >= 4 is 28.7 Å². The number of thiophene rings is 1. The number of anilines is 2. The number of carbonyl (C=O) groups is 1. The second kappa shape index (κ2) is 11.7. The molecule has 0 bridgehead atoms. The smallest absolute Gasteiger partial charge is 0.378 e. The van der Waals surface area contributed by atoms with E-state index in [-0.39, 0.29) is 5.69 Å². The number of carbonyl (C=O) groups excluding carboxylic acids is 1. The molecule has 1 aliphatic rings. The van der Waals surface area contributed by atoms with Crippen LogP contribution in [-0.2, 0) is 17.5 Å². The summed E-state index contributed by atoms with van der Waals surface area (Å²) >= 11 is 1.51. The van der Waals surface area contributed by atoms with E-state index in [0.717, 1.165) is 24.0 Å². The number of ether oxygens (including phenoxy) is 1. The number of halogens is 3. The van der Waals surface area contributed by atoms with Gasteiger partial charge in [0.05, 0.1) is 31.0 Å². The first-order chi connectivity index (χ1) is 15.8. The molecule has 0 atom stereocenters. The Morgan fingerprint density at radius 3 is 2.48 bits per heavy atom. The average Bonchev–Trinajstić information content (AvgIpc) is 3.32. The fourth-order valence-corrected chi connectivity index (χ4v) is 4.45. The lowest BCUT2D eigenvalue weighted by atomic mass is 10.1. The number of nitrogens with zero attached hydrogens (tertiary/aromatic N) is 3. The SMILES string of the molecule is CCN(CC)CCN(Cc1cccs1)C(=O)Nc1ccc(N2CCOCC2)cc1C(F)(F)F. The Kier molecular flexibility index (Phi) is 8.99. The van der Waals surface area contributed by atoms with Crippen molar-refractivity contribution in [1.29, 1.82) is 0 Å². The Bertz CT molecular complexity index is 882. The van der Waals surface area contributed by atoms with E-state index in [1.807, 2.05) is 36.3 Å². The number of morpholine rings is 1. The summed E-state index contributed by atoms with van der Waals surface area (Å²) in [7, 11) is 0. The molecule has 1 saturated heterocycles. The Hall–Kier alpha value is -2.30. The summed E-state index contributed by atoms with van der Waals surface area (Å²) in [6.45, 7) is 9.18. The molecule has 1 N–H and O–H groups in total.